The summed E-state index contributed by atoms with van der Waals surface area (Å²) in [4.78, 5) is 13.1. The van der Waals surface area contributed by atoms with E-state index in [1.807, 2.05) is 60.5 Å². The number of piperidine rings is 1. The Morgan fingerprint density at radius 2 is 1.97 bits per heavy atom. The van der Waals surface area contributed by atoms with Crippen molar-refractivity contribution in [3.63, 3.8) is 0 Å². The zero-order chi connectivity index (χ0) is 22.0. The molecule has 2 aliphatic rings. The minimum Gasteiger partial charge on any atom is -0.497 e. The van der Waals surface area contributed by atoms with Crippen LogP contribution in [0.4, 0.5) is 5.69 Å². The Hall–Kier alpha value is -2.61. The predicted molar refractivity (Wildman–Crippen MR) is 121 cm³/mol. The molecule has 1 saturated heterocycles. The van der Waals surface area contributed by atoms with Crippen LogP contribution in [0.5, 0.6) is 5.75 Å². The van der Waals surface area contributed by atoms with Gasteiger partial charge in [0.1, 0.15) is 11.5 Å². The molecule has 1 fully saturated rings. The van der Waals surface area contributed by atoms with Crippen molar-refractivity contribution in [2.45, 2.75) is 31.9 Å². The molecule has 2 aromatic carbocycles. The Kier molecular flexibility index (Phi) is 6.46. The van der Waals surface area contributed by atoms with Gasteiger partial charge in [-0.3, -0.25) is 15.2 Å². The van der Waals surface area contributed by atoms with E-state index < -0.39 is 6.10 Å². The molecule has 2 aliphatic heterocycles. The highest BCUT2D eigenvalue weighted by molar-refractivity contribution is 6.40. The Morgan fingerprint density at radius 1 is 1.23 bits per heavy atom. The number of rotatable bonds is 5. The summed E-state index contributed by atoms with van der Waals surface area (Å²) < 4.78 is 5.29. The average Bonchev–Trinajstić information content (AvgIpc) is 3.11. The molecule has 0 bridgehead atoms. The number of amides is 1. The SMILES string of the molecule is COc1ccc([C@H]2[C@@H](C)C(C(=O)NN3CCCC(O)C3)=NN2c2ccccc2Cl)cc1. The second-order valence-electron chi connectivity index (χ2n) is 7.97. The standard InChI is InChI=1S/C23H27ClN4O3/c1-15-21(23(30)26-27-13-5-6-17(29)14-27)25-28(20-8-4-3-7-19(20)24)22(15)16-9-11-18(31-2)12-10-16/h3-4,7-12,15,17,22,29H,5-6,13-14H2,1-2H3,(H,26,30)/t15-,17?,22+/m0/s1. The first kappa shape index (κ1) is 21.6. The van der Waals surface area contributed by atoms with Gasteiger partial charge in [-0.15, -0.1) is 0 Å². The van der Waals surface area contributed by atoms with Crippen molar-refractivity contribution in [3.05, 3.63) is 59.1 Å². The number of nitrogens with zero attached hydrogens (tertiary/aromatic N) is 3. The number of hydrazone groups is 1. The van der Waals surface area contributed by atoms with E-state index in [9.17, 15) is 9.90 Å². The fourth-order valence-electron chi connectivity index (χ4n) is 4.21. The maximum Gasteiger partial charge on any atom is 0.282 e. The molecule has 2 heterocycles. The van der Waals surface area contributed by atoms with Crippen molar-refractivity contribution >= 4 is 28.9 Å². The number of halogens is 1. The number of hydrogen-bond donors (Lipinski definition) is 2. The maximum atomic E-state index is 13.1. The summed E-state index contributed by atoms with van der Waals surface area (Å²) in [5, 5.41) is 18.8. The lowest BCUT2D eigenvalue weighted by molar-refractivity contribution is -0.120. The van der Waals surface area contributed by atoms with Crippen molar-refractivity contribution in [1.29, 1.82) is 0 Å². The number of hydrazine groups is 1. The highest BCUT2D eigenvalue weighted by atomic mass is 35.5. The fraction of sp³-hybridized carbons (Fsp3) is 0.391. The molecule has 1 amide bonds. The van der Waals surface area contributed by atoms with Gasteiger partial charge in [0, 0.05) is 19.0 Å². The monoisotopic (exact) mass is 442 g/mol. The molecule has 0 saturated carbocycles. The molecule has 0 aliphatic carbocycles. The van der Waals surface area contributed by atoms with E-state index in [-0.39, 0.29) is 17.9 Å². The summed E-state index contributed by atoms with van der Waals surface area (Å²) >= 11 is 6.48. The smallest absolute Gasteiger partial charge is 0.282 e. The number of para-hydroxylation sites is 1. The summed E-state index contributed by atoms with van der Waals surface area (Å²) in [6.07, 6.45) is 1.16. The number of ether oxygens (including phenoxy) is 1. The molecule has 2 N–H and O–H groups in total. The van der Waals surface area contributed by atoms with Gasteiger partial charge in [0.2, 0.25) is 0 Å². The van der Waals surface area contributed by atoms with Gasteiger partial charge in [0.05, 0.1) is 30.0 Å². The third kappa shape index (κ3) is 4.54. The number of hydrogen-bond acceptors (Lipinski definition) is 6. The van der Waals surface area contributed by atoms with Gasteiger partial charge in [-0.1, -0.05) is 42.8 Å². The molecule has 0 spiro atoms. The first-order valence-electron chi connectivity index (χ1n) is 10.5. The first-order valence-corrected chi connectivity index (χ1v) is 10.9. The summed E-state index contributed by atoms with van der Waals surface area (Å²) in [6, 6.07) is 15.1. The van der Waals surface area contributed by atoms with E-state index in [1.165, 1.54) is 0 Å². The third-order valence-corrected chi connectivity index (χ3v) is 6.15. The molecule has 0 radical (unpaired) electrons. The van der Waals surface area contributed by atoms with Crippen molar-refractivity contribution in [2.75, 3.05) is 25.2 Å². The minimum absolute atomic E-state index is 0.181. The molecule has 1 unspecified atom stereocenters. The average molecular weight is 443 g/mol. The van der Waals surface area contributed by atoms with E-state index in [1.54, 1.807) is 12.1 Å². The van der Waals surface area contributed by atoms with E-state index in [0.29, 0.717) is 23.8 Å². The summed E-state index contributed by atoms with van der Waals surface area (Å²) in [7, 11) is 1.63. The van der Waals surface area contributed by atoms with E-state index in [4.69, 9.17) is 21.4 Å². The van der Waals surface area contributed by atoms with E-state index in [2.05, 4.69) is 5.43 Å². The number of anilines is 1. The van der Waals surface area contributed by atoms with Gasteiger partial charge < -0.3 is 9.84 Å². The van der Waals surface area contributed by atoms with E-state index in [0.717, 1.165) is 29.8 Å². The predicted octanol–water partition coefficient (Wildman–Crippen LogP) is 3.39. The number of nitrogens with one attached hydrogen (secondary N) is 1. The molecule has 7 nitrogen and oxygen atoms in total. The molecular formula is C23H27ClN4O3. The van der Waals surface area contributed by atoms with Crippen molar-refractivity contribution in [2.24, 2.45) is 11.0 Å². The quantitative estimate of drug-likeness (QED) is 0.742. The molecular weight excluding hydrogens is 416 g/mol. The zero-order valence-electron chi connectivity index (χ0n) is 17.7. The number of methoxy groups -OCH3 is 1. The van der Waals surface area contributed by atoms with Crippen molar-refractivity contribution < 1.29 is 14.6 Å². The van der Waals surface area contributed by atoms with Crippen LogP contribution in [0.15, 0.2) is 53.6 Å². The topological polar surface area (TPSA) is 77.4 Å². The van der Waals surface area contributed by atoms with Gasteiger partial charge in [0.25, 0.3) is 5.91 Å². The molecule has 8 heteroatoms. The van der Waals surface area contributed by atoms with Crippen LogP contribution in [0.2, 0.25) is 5.02 Å². The highest BCUT2D eigenvalue weighted by Crippen LogP contribution is 2.41. The van der Waals surface area contributed by atoms with Crippen LogP contribution < -0.4 is 15.2 Å². The highest BCUT2D eigenvalue weighted by Gasteiger charge is 2.40. The minimum atomic E-state index is -0.427. The van der Waals surface area contributed by atoms with Crippen LogP contribution in [-0.4, -0.2) is 48.0 Å². The lowest BCUT2D eigenvalue weighted by atomic mass is 9.91. The number of carbonyl (C=O) groups is 1. The van der Waals surface area contributed by atoms with Crippen LogP contribution >= 0.6 is 11.6 Å². The Balaban J connectivity index is 1.65. The van der Waals surface area contributed by atoms with Crippen LogP contribution in [-0.2, 0) is 4.79 Å². The molecule has 4 rings (SSSR count). The molecule has 31 heavy (non-hydrogen) atoms. The Bertz CT molecular complexity index is 966. The summed E-state index contributed by atoms with van der Waals surface area (Å²) in [6.45, 7) is 3.12. The second-order valence-corrected chi connectivity index (χ2v) is 8.38. The van der Waals surface area contributed by atoms with Crippen molar-refractivity contribution in [1.82, 2.24) is 10.4 Å². The fourth-order valence-corrected chi connectivity index (χ4v) is 4.43. The normalized spacial score (nSPS) is 24.1. The van der Waals surface area contributed by atoms with Crippen molar-refractivity contribution in [3.8, 4) is 5.75 Å². The number of aliphatic hydroxyl groups excluding tert-OH is 1. The zero-order valence-corrected chi connectivity index (χ0v) is 18.4. The Morgan fingerprint density at radius 3 is 2.65 bits per heavy atom. The van der Waals surface area contributed by atoms with Crippen LogP contribution in [0, 0.1) is 5.92 Å². The first-order chi connectivity index (χ1) is 15.0. The van der Waals surface area contributed by atoms with Gasteiger partial charge in [-0.25, -0.2) is 5.01 Å². The van der Waals surface area contributed by atoms with Gasteiger partial charge in [-0.2, -0.15) is 5.10 Å². The third-order valence-electron chi connectivity index (χ3n) is 5.83. The molecule has 3 atom stereocenters. The number of β-amino-alcohol motifs (C(OH)–C–C–N with tert-alkyl or cyclic N) is 1. The van der Waals surface area contributed by atoms with Crippen LogP contribution in [0.25, 0.3) is 0 Å². The molecule has 0 aromatic heterocycles. The van der Waals surface area contributed by atoms with Gasteiger partial charge >= 0.3 is 0 Å². The lowest BCUT2D eigenvalue weighted by Crippen LogP contribution is -2.51. The summed E-state index contributed by atoms with van der Waals surface area (Å²) in [5.41, 5.74) is 5.10. The van der Waals surface area contributed by atoms with Gasteiger partial charge in [-0.05, 0) is 42.7 Å². The Labute approximate surface area is 187 Å². The number of aliphatic hydroxyl groups is 1. The van der Waals surface area contributed by atoms with Crippen LogP contribution in [0.3, 0.4) is 0 Å². The molecule has 164 valence electrons. The van der Waals surface area contributed by atoms with Gasteiger partial charge in [0.15, 0.2) is 0 Å². The molecule has 2 aromatic rings. The van der Waals surface area contributed by atoms with E-state index >= 15 is 0 Å². The largest absolute Gasteiger partial charge is 0.497 e. The summed E-state index contributed by atoms with van der Waals surface area (Å²) in [5.74, 6) is 0.329. The number of carbonyl (C=O) groups excluding carboxylic acids is 1. The number of benzene rings is 2. The second kappa shape index (κ2) is 9.26. The maximum absolute atomic E-state index is 13.1. The lowest BCUT2D eigenvalue weighted by Gasteiger charge is -2.30. The van der Waals surface area contributed by atoms with Crippen LogP contribution in [0.1, 0.15) is 31.4 Å².